The van der Waals surface area contributed by atoms with E-state index < -0.39 is 5.60 Å². The highest BCUT2D eigenvalue weighted by molar-refractivity contribution is 5.82. The van der Waals surface area contributed by atoms with E-state index in [0.717, 1.165) is 6.42 Å². The molecule has 0 saturated heterocycles. The zero-order chi connectivity index (χ0) is 11.4. The highest BCUT2D eigenvalue weighted by Crippen LogP contribution is 2.09. The van der Waals surface area contributed by atoms with E-state index in [1.54, 1.807) is 0 Å². The Bertz CT molecular complexity index is 224. The van der Waals surface area contributed by atoms with Crippen molar-refractivity contribution in [2.45, 2.75) is 46.6 Å². The van der Waals surface area contributed by atoms with E-state index in [-0.39, 0.29) is 5.97 Å². The van der Waals surface area contributed by atoms with Gasteiger partial charge in [0.15, 0.2) is 0 Å². The van der Waals surface area contributed by atoms with Crippen LogP contribution in [0.1, 0.15) is 41.0 Å². The van der Waals surface area contributed by atoms with Gasteiger partial charge in [-0.3, -0.25) is 0 Å². The quantitative estimate of drug-likeness (QED) is 0.560. The maximum Gasteiger partial charge on any atom is 0.333 e. The number of carbonyl (C=O) groups is 1. The van der Waals surface area contributed by atoms with Gasteiger partial charge in [0.25, 0.3) is 0 Å². The molecule has 0 amide bonds. The number of nitrogens with two attached hydrogens (primary N) is 1. The number of ether oxygens (including phenoxy) is 1. The first-order chi connectivity index (χ1) is 6.20. The second kappa shape index (κ2) is 5.03. The molecule has 0 aromatic rings. The Morgan fingerprint density at radius 2 is 1.93 bits per heavy atom. The molecule has 14 heavy (non-hydrogen) atoms. The van der Waals surface area contributed by atoms with Crippen LogP contribution in [-0.4, -0.2) is 11.6 Å². The van der Waals surface area contributed by atoms with Crippen LogP contribution < -0.4 is 5.73 Å². The van der Waals surface area contributed by atoms with Gasteiger partial charge >= 0.3 is 5.97 Å². The largest absolute Gasteiger partial charge is 0.457 e. The minimum absolute atomic E-state index is 0.365. The average Bonchev–Trinajstić information content (AvgIpc) is 1.77. The molecule has 0 fully saturated rings. The van der Waals surface area contributed by atoms with Gasteiger partial charge in [0.1, 0.15) is 5.60 Å². The summed E-state index contributed by atoms with van der Waals surface area (Å²) in [6.07, 6.45) is 2.09. The van der Waals surface area contributed by atoms with Crippen molar-refractivity contribution in [3.63, 3.8) is 0 Å². The molecule has 0 spiro atoms. The van der Waals surface area contributed by atoms with E-state index in [4.69, 9.17) is 10.5 Å². The molecule has 3 nitrogen and oxygen atoms in total. The zero-order valence-electron chi connectivity index (χ0n) is 9.76. The van der Waals surface area contributed by atoms with Gasteiger partial charge in [-0.05, 0) is 33.1 Å². The molecule has 3 heteroatoms. The Labute approximate surface area is 86.3 Å². The molecule has 2 N–H and O–H groups in total. The Morgan fingerprint density at radius 3 is 2.29 bits per heavy atom. The molecule has 82 valence electrons. The summed E-state index contributed by atoms with van der Waals surface area (Å²) in [5, 5.41) is 0. The van der Waals surface area contributed by atoms with Crippen LogP contribution in [0.15, 0.2) is 11.8 Å². The molecule has 0 aromatic heterocycles. The summed E-state index contributed by atoms with van der Waals surface area (Å²) in [7, 11) is 0. The van der Waals surface area contributed by atoms with Crippen LogP contribution in [0.25, 0.3) is 0 Å². The molecule has 0 aromatic carbocycles. The minimum atomic E-state index is -0.453. The van der Waals surface area contributed by atoms with Gasteiger partial charge < -0.3 is 10.5 Å². The van der Waals surface area contributed by atoms with Crippen LogP contribution in [0.3, 0.4) is 0 Å². The molecule has 0 rings (SSSR count). The third-order valence-electron chi connectivity index (χ3n) is 1.35. The monoisotopic (exact) mass is 199 g/mol. The molecule has 0 atom stereocenters. The van der Waals surface area contributed by atoms with Gasteiger partial charge in [0.05, 0.1) is 0 Å². The van der Waals surface area contributed by atoms with Crippen LogP contribution in [0.2, 0.25) is 0 Å². The summed E-state index contributed by atoms with van der Waals surface area (Å²) < 4.78 is 5.09. The first-order valence-corrected chi connectivity index (χ1v) is 4.89. The lowest BCUT2D eigenvalue weighted by Crippen LogP contribution is -2.23. The number of hydrogen-bond acceptors (Lipinski definition) is 3. The maximum atomic E-state index is 11.3. The van der Waals surface area contributed by atoms with Crippen LogP contribution in [0, 0.1) is 5.92 Å². The maximum absolute atomic E-state index is 11.3. The highest BCUT2D eigenvalue weighted by atomic mass is 16.6. The first-order valence-electron chi connectivity index (χ1n) is 4.89. The van der Waals surface area contributed by atoms with Crippen molar-refractivity contribution in [2.24, 2.45) is 11.7 Å². The second-order valence-electron chi connectivity index (χ2n) is 4.85. The number of carbonyl (C=O) groups excluding carboxylic acids is 1. The van der Waals surface area contributed by atoms with E-state index in [1.807, 2.05) is 20.8 Å². The summed E-state index contributed by atoms with van der Waals surface area (Å²) in [5.74, 6) is 0.0873. The topological polar surface area (TPSA) is 52.3 Å². The molecule has 0 bridgehead atoms. The molecule has 0 aliphatic rings. The Morgan fingerprint density at radius 1 is 1.43 bits per heavy atom. The summed E-state index contributed by atoms with van der Waals surface area (Å²) in [6.45, 7) is 9.59. The van der Waals surface area contributed by atoms with Crippen LogP contribution in [0.5, 0.6) is 0 Å². The van der Waals surface area contributed by atoms with Crippen LogP contribution in [-0.2, 0) is 9.53 Å². The lowest BCUT2D eigenvalue weighted by molar-refractivity contribution is -0.148. The van der Waals surface area contributed by atoms with Crippen molar-refractivity contribution >= 4 is 5.97 Å². The molecule has 0 aliphatic heterocycles. The van der Waals surface area contributed by atoms with E-state index >= 15 is 0 Å². The van der Waals surface area contributed by atoms with E-state index in [2.05, 4.69) is 13.8 Å². The number of hydrogen-bond donors (Lipinski definition) is 1. The van der Waals surface area contributed by atoms with Crippen molar-refractivity contribution in [1.82, 2.24) is 0 Å². The van der Waals surface area contributed by atoms with Gasteiger partial charge in [0.2, 0.25) is 0 Å². The average molecular weight is 199 g/mol. The SMILES string of the molecule is CC(C)C/C(N)=C\C(=O)OC(C)(C)C. The zero-order valence-corrected chi connectivity index (χ0v) is 9.76. The van der Waals surface area contributed by atoms with E-state index in [0.29, 0.717) is 11.6 Å². The fourth-order valence-corrected chi connectivity index (χ4v) is 1.01. The lowest BCUT2D eigenvalue weighted by atomic mass is 10.1. The minimum Gasteiger partial charge on any atom is -0.457 e. The molecule has 0 saturated carbocycles. The Kier molecular flexibility index (Phi) is 4.68. The first kappa shape index (κ1) is 13.0. The van der Waals surface area contributed by atoms with Gasteiger partial charge in [0, 0.05) is 11.8 Å². The highest BCUT2D eigenvalue weighted by Gasteiger charge is 2.14. The van der Waals surface area contributed by atoms with E-state index in [1.165, 1.54) is 6.08 Å². The number of rotatable bonds is 3. The van der Waals surface area contributed by atoms with Crippen molar-refractivity contribution in [2.75, 3.05) is 0 Å². The van der Waals surface area contributed by atoms with Crippen molar-refractivity contribution in [3.8, 4) is 0 Å². The normalized spacial score (nSPS) is 13.1. The summed E-state index contributed by atoms with van der Waals surface area (Å²) in [4.78, 5) is 11.3. The van der Waals surface area contributed by atoms with Gasteiger partial charge in [-0.15, -0.1) is 0 Å². The predicted octanol–water partition coefficient (Wildman–Crippen LogP) is 2.22. The summed E-state index contributed by atoms with van der Waals surface area (Å²) in [5.41, 5.74) is 5.78. The third-order valence-corrected chi connectivity index (χ3v) is 1.35. The fraction of sp³-hybridized carbons (Fsp3) is 0.727. The second-order valence-corrected chi connectivity index (χ2v) is 4.85. The fourth-order valence-electron chi connectivity index (χ4n) is 1.01. The molecular formula is C11H21NO2. The van der Waals surface area contributed by atoms with Crippen molar-refractivity contribution < 1.29 is 9.53 Å². The van der Waals surface area contributed by atoms with Gasteiger partial charge in [-0.1, -0.05) is 13.8 Å². The molecule has 0 heterocycles. The summed E-state index contributed by atoms with van der Waals surface area (Å²) >= 11 is 0. The van der Waals surface area contributed by atoms with Crippen LogP contribution >= 0.6 is 0 Å². The standard InChI is InChI=1S/C11H21NO2/c1-8(2)6-9(12)7-10(13)14-11(3,4)5/h7-8H,6,12H2,1-5H3/b9-7+. The smallest absolute Gasteiger partial charge is 0.333 e. The lowest BCUT2D eigenvalue weighted by Gasteiger charge is -2.18. The van der Waals surface area contributed by atoms with E-state index in [9.17, 15) is 4.79 Å². The molecule has 0 radical (unpaired) electrons. The third kappa shape index (κ3) is 7.65. The Hall–Kier alpha value is -0.990. The van der Waals surface area contributed by atoms with Gasteiger partial charge in [-0.2, -0.15) is 0 Å². The Balaban J connectivity index is 4.16. The predicted molar refractivity (Wildman–Crippen MR) is 57.6 cm³/mol. The molecular weight excluding hydrogens is 178 g/mol. The molecule has 0 aliphatic carbocycles. The van der Waals surface area contributed by atoms with Gasteiger partial charge in [-0.25, -0.2) is 4.79 Å². The number of esters is 1. The van der Waals surface area contributed by atoms with Crippen molar-refractivity contribution in [3.05, 3.63) is 11.8 Å². The summed E-state index contributed by atoms with van der Waals surface area (Å²) in [6, 6.07) is 0. The number of allylic oxidation sites excluding steroid dienone is 1. The van der Waals surface area contributed by atoms with Crippen molar-refractivity contribution in [1.29, 1.82) is 0 Å². The van der Waals surface area contributed by atoms with Crippen LogP contribution in [0.4, 0.5) is 0 Å². The molecule has 0 unspecified atom stereocenters.